The molecule has 36 heavy (non-hydrogen) atoms. The number of methoxy groups -OCH3 is 1. The summed E-state index contributed by atoms with van der Waals surface area (Å²) < 4.78 is 33.0. The summed E-state index contributed by atoms with van der Waals surface area (Å²) in [6, 6.07) is 11.0. The van der Waals surface area contributed by atoms with Crippen molar-refractivity contribution in [2.24, 2.45) is 0 Å². The van der Waals surface area contributed by atoms with Crippen molar-refractivity contribution in [3.05, 3.63) is 70.8 Å². The fourth-order valence-electron chi connectivity index (χ4n) is 4.84. The molecule has 1 fully saturated rings. The van der Waals surface area contributed by atoms with E-state index >= 15 is 0 Å². The van der Waals surface area contributed by atoms with E-state index in [2.05, 4.69) is 30.5 Å². The summed E-state index contributed by atoms with van der Waals surface area (Å²) in [6.45, 7) is 7.70. The zero-order valence-electron chi connectivity index (χ0n) is 21.4. The van der Waals surface area contributed by atoms with E-state index in [0.29, 0.717) is 19.5 Å². The molecule has 2 aromatic rings. The zero-order valence-corrected chi connectivity index (χ0v) is 21.4. The second-order valence-corrected chi connectivity index (χ2v) is 9.94. The van der Waals surface area contributed by atoms with Gasteiger partial charge in [0.2, 0.25) is 5.91 Å². The summed E-state index contributed by atoms with van der Waals surface area (Å²) in [5.41, 5.74) is -0.00862. The van der Waals surface area contributed by atoms with Crippen molar-refractivity contribution < 1.29 is 28.2 Å². The lowest BCUT2D eigenvalue weighted by molar-refractivity contribution is -0.122. The number of aliphatic hydroxyl groups is 1. The van der Waals surface area contributed by atoms with Gasteiger partial charge >= 0.3 is 6.09 Å². The summed E-state index contributed by atoms with van der Waals surface area (Å²) in [5.74, 6) is -1.80. The third-order valence-electron chi connectivity index (χ3n) is 7.01. The van der Waals surface area contributed by atoms with Gasteiger partial charge in [-0.3, -0.25) is 4.79 Å². The minimum Gasteiger partial charge on any atom is -0.453 e. The summed E-state index contributed by atoms with van der Waals surface area (Å²) >= 11 is 0. The van der Waals surface area contributed by atoms with Crippen LogP contribution in [-0.4, -0.2) is 54.9 Å². The van der Waals surface area contributed by atoms with E-state index in [1.807, 2.05) is 18.2 Å². The van der Waals surface area contributed by atoms with Crippen molar-refractivity contribution in [2.45, 2.75) is 57.2 Å². The van der Waals surface area contributed by atoms with Crippen molar-refractivity contribution in [3.8, 4) is 0 Å². The van der Waals surface area contributed by atoms with Crippen LogP contribution in [0.4, 0.5) is 13.6 Å². The zero-order chi connectivity index (χ0) is 26.7. The molecule has 1 unspecified atom stereocenters. The monoisotopic (exact) mass is 503 g/mol. The highest BCUT2D eigenvalue weighted by Gasteiger charge is 2.44. The van der Waals surface area contributed by atoms with Crippen LogP contribution in [-0.2, 0) is 20.6 Å². The second-order valence-electron chi connectivity index (χ2n) is 9.94. The molecule has 1 aliphatic heterocycles. The minimum atomic E-state index is -1.48. The first-order valence-electron chi connectivity index (χ1n) is 12.0. The van der Waals surface area contributed by atoms with Gasteiger partial charge in [0.1, 0.15) is 11.6 Å². The number of carbonyl (C=O) groups excluding carboxylic acids is 2. The molecule has 1 saturated heterocycles. The molecular formula is C27H35F2N3O4. The summed E-state index contributed by atoms with van der Waals surface area (Å²) in [6.07, 6.45) is -1.15. The van der Waals surface area contributed by atoms with Gasteiger partial charge in [-0.15, -0.1) is 0 Å². The minimum absolute atomic E-state index is 0.0319. The average molecular weight is 504 g/mol. The van der Waals surface area contributed by atoms with Gasteiger partial charge < -0.3 is 25.4 Å². The highest BCUT2D eigenvalue weighted by atomic mass is 19.1. The van der Waals surface area contributed by atoms with Crippen molar-refractivity contribution in [1.29, 1.82) is 0 Å². The Labute approximate surface area is 210 Å². The predicted octanol–water partition coefficient (Wildman–Crippen LogP) is 3.76. The lowest BCUT2D eigenvalue weighted by Gasteiger charge is -2.39. The molecule has 0 saturated carbocycles. The van der Waals surface area contributed by atoms with Gasteiger partial charge in [0.05, 0.1) is 24.3 Å². The van der Waals surface area contributed by atoms with Crippen LogP contribution < -0.4 is 10.6 Å². The molecule has 0 spiro atoms. The predicted molar refractivity (Wildman–Crippen MR) is 132 cm³/mol. The topological polar surface area (TPSA) is 90.9 Å². The number of nitrogens with zero attached hydrogens (tertiary/aromatic N) is 1. The van der Waals surface area contributed by atoms with Gasteiger partial charge in [0.25, 0.3) is 0 Å². The Hall–Kier alpha value is -3.04. The Morgan fingerprint density at radius 1 is 1.19 bits per heavy atom. The summed E-state index contributed by atoms with van der Waals surface area (Å²) in [4.78, 5) is 25.9. The first-order valence-corrected chi connectivity index (χ1v) is 12.0. The van der Waals surface area contributed by atoms with E-state index in [-0.39, 0.29) is 18.0 Å². The van der Waals surface area contributed by atoms with Gasteiger partial charge in [0, 0.05) is 32.6 Å². The Balaban J connectivity index is 1.95. The molecule has 0 aliphatic carbocycles. The number of likely N-dealkylation sites (tertiary alicyclic amines) is 1. The molecule has 1 aliphatic rings. The van der Waals surface area contributed by atoms with Gasteiger partial charge in [-0.2, -0.15) is 0 Å². The van der Waals surface area contributed by atoms with Crippen LogP contribution in [0.3, 0.4) is 0 Å². The summed E-state index contributed by atoms with van der Waals surface area (Å²) in [7, 11) is 1.33. The molecule has 9 heteroatoms. The Bertz CT molecular complexity index is 1090. The number of hydrogen-bond acceptors (Lipinski definition) is 5. The van der Waals surface area contributed by atoms with E-state index < -0.39 is 40.8 Å². The van der Waals surface area contributed by atoms with Crippen LogP contribution in [0, 0.1) is 11.6 Å². The van der Waals surface area contributed by atoms with Crippen molar-refractivity contribution in [2.75, 3.05) is 26.7 Å². The molecule has 196 valence electrons. The van der Waals surface area contributed by atoms with Gasteiger partial charge in [-0.05, 0) is 48.1 Å². The van der Waals surface area contributed by atoms with Gasteiger partial charge in [-0.25, -0.2) is 13.6 Å². The maximum atomic E-state index is 14.0. The molecule has 7 nitrogen and oxygen atoms in total. The number of ether oxygens (including phenoxy) is 1. The molecule has 1 heterocycles. The third-order valence-corrected chi connectivity index (χ3v) is 7.01. The maximum Gasteiger partial charge on any atom is 0.409 e. The van der Waals surface area contributed by atoms with Crippen molar-refractivity contribution in [1.82, 2.24) is 15.5 Å². The van der Waals surface area contributed by atoms with Crippen LogP contribution in [0.1, 0.15) is 56.7 Å². The lowest BCUT2D eigenvalue weighted by atomic mass is 9.83. The normalized spacial score (nSPS) is 20.2. The number of rotatable bonds is 8. The first kappa shape index (κ1) is 27.5. The standard InChI is InChI=1S/C27H35F2N3O4/c1-17(2)19-7-6-8-20(11-19)27(9-10-32(16-27)25(35)36-5)30-15-24(34)26(4,31-18(3)33)21-12-22(28)14-23(29)13-21/h6-8,11-14,17,24,30,34H,9-10,15-16H2,1-5H3,(H,31,33)/t24-,26+,27?/m0/s1. The third kappa shape index (κ3) is 5.84. The quantitative estimate of drug-likeness (QED) is 0.510. The van der Waals surface area contributed by atoms with Crippen LogP contribution in [0.15, 0.2) is 42.5 Å². The largest absolute Gasteiger partial charge is 0.453 e. The SMILES string of the molecule is COC(=O)N1CCC(NC[C@H](O)[C@](C)(NC(C)=O)c2cc(F)cc(F)c2)(c2cccc(C(C)C)c2)C1. The highest BCUT2D eigenvalue weighted by molar-refractivity contribution is 5.74. The summed E-state index contributed by atoms with van der Waals surface area (Å²) in [5, 5.41) is 17.4. The van der Waals surface area contributed by atoms with Crippen LogP contribution in [0.5, 0.6) is 0 Å². The second kappa shape index (κ2) is 10.9. The molecule has 3 atom stereocenters. The maximum absolute atomic E-state index is 14.0. The molecular weight excluding hydrogens is 468 g/mol. The number of benzene rings is 2. The fraction of sp³-hybridized carbons (Fsp3) is 0.481. The number of halogens is 2. The van der Waals surface area contributed by atoms with Crippen molar-refractivity contribution >= 4 is 12.0 Å². The molecule has 2 amide bonds. The molecule has 0 radical (unpaired) electrons. The van der Waals surface area contributed by atoms with E-state index in [1.54, 1.807) is 4.90 Å². The van der Waals surface area contributed by atoms with E-state index in [1.165, 1.54) is 21.0 Å². The Morgan fingerprint density at radius 2 is 1.86 bits per heavy atom. The number of carbonyl (C=O) groups is 2. The number of aliphatic hydroxyl groups excluding tert-OH is 1. The Morgan fingerprint density at radius 3 is 2.44 bits per heavy atom. The molecule has 0 aromatic heterocycles. The Kier molecular flexibility index (Phi) is 8.36. The van der Waals surface area contributed by atoms with Crippen LogP contribution in [0.25, 0.3) is 0 Å². The number of amides is 2. The number of nitrogens with one attached hydrogen (secondary N) is 2. The van der Waals surface area contributed by atoms with Crippen LogP contribution >= 0.6 is 0 Å². The average Bonchev–Trinajstić information content (AvgIpc) is 3.26. The molecule has 0 bridgehead atoms. The first-order chi connectivity index (χ1) is 16.9. The smallest absolute Gasteiger partial charge is 0.409 e. The molecule has 3 N–H and O–H groups in total. The van der Waals surface area contributed by atoms with Gasteiger partial charge in [0.15, 0.2) is 0 Å². The van der Waals surface area contributed by atoms with Crippen molar-refractivity contribution in [3.63, 3.8) is 0 Å². The molecule has 3 rings (SSSR count). The van der Waals surface area contributed by atoms with Crippen LogP contribution in [0.2, 0.25) is 0 Å². The van der Waals surface area contributed by atoms with E-state index in [9.17, 15) is 23.5 Å². The van der Waals surface area contributed by atoms with Gasteiger partial charge in [-0.1, -0.05) is 38.1 Å². The fourth-order valence-corrected chi connectivity index (χ4v) is 4.84. The highest BCUT2D eigenvalue weighted by Crippen LogP contribution is 2.35. The molecule has 2 aromatic carbocycles. The number of hydrogen-bond donors (Lipinski definition) is 3. The lowest BCUT2D eigenvalue weighted by Crippen LogP contribution is -2.57. The van der Waals surface area contributed by atoms with E-state index in [4.69, 9.17) is 4.74 Å². The van der Waals surface area contributed by atoms with E-state index in [0.717, 1.165) is 29.3 Å².